The summed E-state index contributed by atoms with van der Waals surface area (Å²) in [7, 11) is 0. The van der Waals surface area contributed by atoms with Crippen molar-refractivity contribution in [3.05, 3.63) is 59.4 Å². The minimum Gasteiger partial charge on any atom is -0.457 e. The summed E-state index contributed by atoms with van der Waals surface area (Å²) in [6.45, 7) is 1.87. The number of benzene rings is 2. The third-order valence-electron chi connectivity index (χ3n) is 7.09. The molecule has 1 fully saturated rings. The van der Waals surface area contributed by atoms with Crippen molar-refractivity contribution in [2.75, 3.05) is 17.7 Å². The Morgan fingerprint density at radius 1 is 1.07 bits per heavy atom. The third-order valence-corrected chi connectivity index (χ3v) is 7.09. The molecule has 1 aliphatic carbocycles. The zero-order chi connectivity index (χ0) is 32.9. The molecular weight excluding hydrogens is 596 g/mol. The Kier molecular flexibility index (Phi) is 10.8. The van der Waals surface area contributed by atoms with Crippen molar-refractivity contribution in [3.8, 4) is 0 Å². The van der Waals surface area contributed by atoms with Crippen LogP contribution in [0.5, 0.6) is 0 Å². The van der Waals surface area contributed by atoms with Gasteiger partial charge in [-0.3, -0.25) is 4.79 Å². The summed E-state index contributed by atoms with van der Waals surface area (Å²) in [5.74, 6) is -8.27. The Bertz CT molecular complexity index is 1330. The first-order chi connectivity index (χ1) is 20.5. The van der Waals surface area contributed by atoms with Crippen molar-refractivity contribution in [1.82, 2.24) is 5.32 Å². The SMILES string of the molecule is CC(C)(C)OC(=O)C(F)(c1ccc(NC(=O)[C@@H](NC(=O)OCc2ccccc2)C2CCC(F)(F)CC2)c(N)c1F)C(F)CF. The molecule has 1 aliphatic rings. The van der Waals surface area contributed by atoms with Crippen LogP contribution >= 0.6 is 0 Å². The zero-order valence-electron chi connectivity index (χ0n) is 24.4. The minimum atomic E-state index is -3.93. The van der Waals surface area contributed by atoms with Gasteiger partial charge in [0.1, 0.15) is 24.9 Å². The molecule has 4 N–H and O–H groups in total. The fraction of sp³-hybridized carbons (Fsp3) is 0.500. The van der Waals surface area contributed by atoms with Crippen molar-refractivity contribution >= 4 is 29.3 Å². The quantitative estimate of drug-likeness (QED) is 0.161. The monoisotopic (exact) mass is 631 g/mol. The lowest BCUT2D eigenvalue weighted by Crippen LogP contribution is -2.50. The van der Waals surface area contributed by atoms with Crippen LogP contribution in [0.1, 0.15) is 57.6 Å². The van der Waals surface area contributed by atoms with Crippen LogP contribution in [0.4, 0.5) is 42.5 Å². The molecule has 2 aromatic rings. The number of alkyl carbamates (subject to hydrolysis) is 1. The summed E-state index contributed by atoms with van der Waals surface area (Å²) < 4.78 is 96.8. The number of nitrogen functional groups attached to an aromatic ring is 1. The predicted octanol–water partition coefficient (Wildman–Crippen LogP) is 6.28. The number of alkyl halides is 5. The molecule has 0 spiro atoms. The van der Waals surface area contributed by atoms with E-state index in [0.29, 0.717) is 11.6 Å². The van der Waals surface area contributed by atoms with Crippen LogP contribution in [0.3, 0.4) is 0 Å². The number of carbonyl (C=O) groups excluding carboxylic acids is 3. The highest BCUT2D eigenvalue weighted by molar-refractivity contribution is 5.99. The lowest BCUT2D eigenvalue weighted by atomic mass is 9.81. The number of esters is 1. The Labute approximate surface area is 250 Å². The molecule has 0 radical (unpaired) electrons. The second-order valence-electron chi connectivity index (χ2n) is 11.6. The molecule has 1 saturated carbocycles. The fourth-order valence-corrected chi connectivity index (χ4v) is 4.74. The first-order valence-corrected chi connectivity index (χ1v) is 13.8. The molecule has 14 heteroatoms. The Morgan fingerprint density at radius 2 is 1.68 bits per heavy atom. The van der Waals surface area contributed by atoms with Gasteiger partial charge in [-0.15, -0.1) is 0 Å². The van der Waals surface area contributed by atoms with E-state index in [4.69, 9.17) is 15.2 Å². The first-order valence-electron chi connectivity index (χ1n) is 13.8. The van der Waals surface area contributed by atoms with Crippen molar-refractivity contribution in [3.63, 3.8) is 0 Å². The van der Waals surface area contributed by atoms with Gasteiger partial charge in [0, 0.05) is 18.4 Å². The van der Waals surface area contributed by atoms with Gasteiger partial charge in [-0.05, 0) is 57.2 Å². The maximum atomic E-state index is 15.9. The van der Waals surface area contributed by atoms with Gasteiger partial charge in [0.15, 0.2) is 12.0 Å². The molecule has 2 amide bonds. The summed E-state index contributed by atoms with van der Waals surface area (Å²) in [4.78, 5) is 38.5. The molecule has 0 bridgehead atoms. The zero-order valence-corrected chi connectivity index (χ0v) is 24.4. The van der Waals surface area contributed by atoms with Gasteiger partial charge in [-0.1, -0.05) is 30.3 Å². The summed E-state index contributed by atoms with van der Waals surface area (Å²) in [5.41, 5.74) is -1.51. The van der Waals surface area contributed by atoms with E-state index in [2.05, 4.69) is 10.6 Å². The van der Waals surface area contributed by atoms with E-state index in [1.807, 2.05) is 0 Å². The average Bonchev–Trinajstić information content (AvgIpc) is 2.96. The number of hydrogen-bond donors (Lipinski definition) is 3. The molecule has 242 valence electrons. The molecule has 0 aromatic heterocycles. The number of amides is 2. The first kappa shape index (κ1) is 34.5. The molecule has 0 saturated heterocycles. The number of nitrogens with one attached hydrogen (secondary N) is 2. The van der Waals surface area contributed by atoms with Gasteiger partial charge in [0.2, 0.25) is 11.8 Å². The number of hydrogen-bond acceptors (Lipinski definition) is 6. The lowest BCUT2D eigenvalue weighted by Gasteiger charge is -2.33. The Morgan fingerprint density at radius 3 is 2.25 bits per heavy atom. The highest BCUT2D eigenvalue weighted by atomic mass is 19.3. The summed E-state index contributed by atoms with van der Waals surface area (Å²) in [5, 5.41) is 4.64. The Hall–Kier alpha value is -3.97. The largest absolute Gasteiger partial charge is 0.457 e. The molecule has 2 aromatic carbocycles. The number of rotatable bonds is 10. The molecule has 3 rings (SSSR count). The number of carbonyl (C=O) groups is 3. The van der Waals surface area contributed by atoms with Crippen molar-refractivity contribution in [2.45, 2.75) is 82.5 Å². The van der Waals surface area contributed by atoms with E-state index in [1.165, 1.54) is 20.8 Å². The minimum absolute atomic E-state index is 0.145. The van der Waals surface area contributed by atoms with Crippen molar-refractivity contribution in [1.29, 1.82) is 0 Å². The molecular formula is C30H35F6N3O5. The van der Waals surface area contributed by atoms with Crippen LogP contribution in [0, 0.1) is 11.7 Å². The third kappa shape index (κ3) is 8.35. The smallest absolute Gasteiger partial charge is 0.408 e. The van der Waals surface area contributed by atoms with Crippen molar-refractivity contribution < 1.29 is 50.2 Å². The van der Waals surface area contributed by atoms with Gasteiger partial charge in [0.05, 0.1) is 11.4 Å². The van der Waals surface area contributed by atoms with Gasteiger partial charge in [0.25, 0.3) is 5.67 Å². The van der Waals surface area contributed by atoms with E-state index in [9.17, 15) is 31.9 Å². The van der Waals surface area contributed by atoms with Crippen LogP contribution in [-0.4, -0.2) is 48.4 Å². The molecule has 8 nitrogen and oxygen atoms in total. The molecule has 3 atom stereocenters. The fourth-order valence-electron chi connectivity index (χ4n) is 4.74. The molecule has 44 heavy (non-hydrogen) atoms. The maximum absolute atomic E-state index is 15.9. The summed E-state index contributed by atoms with van der Waals surface area (Å²) in [6, 6.07) is 8.60. The van der Waals surface area contributed by atoms with E-state index in [0.717, 1.165) is 6.07 Å². The highest BCUT2D eigenvalue weighted by Crippen LogP contribution is 2.41. The normalized spacial score (nSPS) is 17.9. The number of ether oxygens (including phenoxy) is 2. The van der Waals surface area contributed by atoms with Crippen LogP contribution in [-0.2, 0) is 31.3 Å². The van der Waals surface area contributed by atoms with Gasteiger partial charge in [-0.2, -0.15) is 0 Å². The Balaban J connectivity index is 1.87. The maximum Gasteiger partial charge on any atom is 0.408 e. The molecule has 2 unspecified atom stereocenters. The van der Waals surface area contributed by atoms with Crippen LogP contribution in [0.15, 0.2) is 42.5 Å². The number of halogens is 6. The lowest BCUT2D eigenvalue weighted by molar-refractivity contribution is -0.176. The topological polar surface area (TPSA) is 120 Å². The summed E-state index contributed by atoms with van der Waals surface area (Å²) >= 11 is 0. The van der Waals surface area contributed by atoms with Crippen LogP contribution in [0.2, 0.25) is 0 Å². The standard InChI is InChI=1S/C30H35F6N3O5/c1-28(2,3)44-26(41)30(36,21(32)15-31)19-9-10-20(23(37)22(19)33)38-25(40)24(18-11-13-29(34,35)14-12-18)39-27(42)43-16-17-7-5-4-6-8-17/h4-10,18,21,24H,11-16,37H2,1-3H3,(H,38,40)(H,39,42)/t21?,24-,30?/m0/s1. The van der Waals surface area contributed by atoms with Gasteiger partial charge >= 0.3 is 12.1 Å². The van der Waals surface area contributed by atoms with Crippen molar-refractivity contribution in [2.24, 2.45) is 5.92 Å². The van der Waals surface area contributed by atoms with Crippen LogP contribution < -0.4 is 16.4 Å². The van der Waals surface area contributed by atoms with E-state index in [-0.39, 0.29) is 19.4 Å². The van der Waals surface area contributed by atoms with Crippen LogP contribution in [0.25, 0.3) is 0 Å². The average molecular weight is 632 g/mol. The highest BCUT2D eigenvalue weighted by Gasteiger charge is 2.54. The predicted molar refractivity (Wildman–Crippen MR) is 149 cm³/mol. The second kappa shape index (κ2) is 13.8. The van der Waals surface area contributed by atoms with Gasteiger partial charge < -0.3 is 25.8 Å². The van der Waals surface area contributed by atoms with E-state index >= 15 is 8.78 Å². The molecule has 0 aliphatic heterocycles. The van der Waals surface area contributed by atoms with Gasteiger partial charge in [-0.25, -0.2) is 35.9 Å². The van der Waals surface area contributed by atoms with E-state index in [1.54, 1.807) is 30.3 Å². The number of anilines is 2. The number of nitrogens with two attached hydrogens (primary N) is 1. The summed E-state index contributed by atoms with van der Waals surface area (Å²) in [6.07, 6.45) is -5.57. The molecule has 0 heterocycles. The van der Waals surface area contributed by atoms with E-state index < -0.39 is 95.6 Å². The second-order valence-corrected chi connectivity index (χ2v) is 11.6.